The molecule has 0 aromatic heterocycles. The quantitative estimate of drug-likeness (QED) is 0.493. The van der Waals surface area contributed by atoms with Crippen LogP contribution >= 0.6 is 15.9 Å². The Hall–Kier alpha value is -3.00. The van der Waals surface area contributed by atoms with E-state index in [9.17, 15) is 19.2 Å². The molecule has 1 aliphatic carbocycles. The number of ether oxygens (including phenoxy) is 1. The molecule has 1 aliphatic heterocycles. The molecular formula is C24H23BrN2O5. The van der Waals surface area contributed by atoms with Crippen molar-refractivity contribution in [3.05, 3.63) is 58.6 Å². The number of amides is 3. The molecule has 0 spiro atoms. The van der Waals surface area contributed by atoms with Crippen LogP contribution in [0.5, 0.6) is 0 Å². The maximum absolute atomic E-state index is 12.8. The molecule has 2 aromatic rings. The van der Waals surface area contributed by atoms with Crippen molar-refractivity contribution < 1.29 is 23.9 Å². The minimum Gasteiger partial charge on any atom is -0.452 e. The number of halogens is 1. The summed E-state index contributed by atoms with van der Waals surface area (Å²) in [5, 5.41) is 2.64. The number of benzene rings is 2. The van der Waals surface area contributed by atoms with Gasteiger partial charge in [-0.3, -0.25) is 19.3 Å². The third kappa shape index (κ3) is 4.60. The first kappa shape index (κ1) is 22.2. The Morgan fingerprint density at radius 3 is 2.34 bits per heavy atom. The van der Waals surface area contributed by atoms with Crippen molar-refractivity contribution in [2.75, 3.05) is 16.8 Å². The molecule has 0 radical (unpaired) electrons. The SMILES string of the molecule is C[C@@H]1CC[C@H]2C(=O)N(c3ccc(C(=O)OCC(=O)Nc4ccc(Br)cc4)cc3)C(=O)[C@H]2C1. The van der Waals surface area contributed by atoms with E-state index in [1.165, 1.54) is 17.0 Å². The highest BCUT2D eigenvalue weighted by molar-refractivity contribution is 9.10. The van der Waals surface area contributed by atoms with E-state index in [0.717, 1.165) is 23.7 Å². The van der Waals surface area contributed by atoms with E-state index in [1.807, 2.05) is 0 Å². The van der Waals surface area contributed by atoms with Gasteiger partial charge in [-0.15, -0.1) is 0 Å². The lowest BCUT2D eigenvalue weighted by Crippen LogP contribution is -2.30. The molecule has 32 heavy (non-hydrogen) atoms. The number of esters is 1. The molecule has 166 valence electrons. The van der Waals surface area contributed by atoms with Crippen molar-refractivity contribution >= 4 is 51.0 Å². The van der Waals surface area contributed by atoms with E-state index in [2.05, 4.69) is 28.2 Å². The van der Waals surface area contributed by atoms with Crippen LogP contribution in [0.2, 0.25) is 0 Å². The molecule has 1 N–H and O–H groups in total. The lowest BCUT2D eigenvalue weighted by Gasteiger charge is -2.25. The Morgan fingerprint density at radius 2 is 1.66 bits per heavy atom. The van der Waals surface area contributed by atoms with Gasteiger partial charge in [0.2, 0.25) is 11.8 Å². The number of carbonyl (C=O) groups excluding carboxylic acids is 4. The molecule has 2 aliphatic rings. The van der Waals surface area contributed by atoms with Crippen LogP contribution in [0.1, 0.15) is 36.5 Å². The predicted molar refractivity (Wildman–Crippen MR) is 122 cm³/mol. The third-order valence-corrected chi connectivity index (χ3v) is 6.54. The first-order valence-electron chi connectivity index (χ1n) is 10.5. The first-order chi connectivity index (χ1) is 15.3. The van der Waals surface area contributed by atoms with Gasteiger partial charge in [0.1, 0.15) is 0 Å². The molecular weight excluding hydrogens is 476 g/mol. The smallest absolute Gasteiger partial charge is 0.338 e. The van der Waals surface area contributed by atoms with Crippen LogP contribution in [0.4, 0.5) is 11.4 Å². The molecule has 2 aromatic carbocycles. The monoisotopic (exact) mass is 498 g/mol. The van der Waals surface area contributed by atoms with Crippen LogP contribution in [0, 0.1) is 17.8 Å². The average Bonchev–Trinajstić information content (AvgIpc) is 3.03. The second-order valence-electron chi connectivity index (χ2n) is 8.32. The number of carbonyl (C=O) groups is 4. The molecule has 1 saturated heterocycles. The van der Waals surface area contributed by atoms with Crippen LogP contribution in [0.25, 0.3) is 0 Å². The second kappa shape index (κ2) is 9.24. The van der Waals surface area contributed by atoms with Gasteiger partial charge in [-0.1, -0.05) is 22.9 Å². The van der Waals surface area contributed by atoms with E-state index < -0.39 is 18.5 Å². The van der Waals surface area contributed by atoms with E-state index >= 15 is 0 Å². The standard InChI is InChI=1S/C24H23BrN2O5/c1-14-2-11-19-20(12-14)23(30)27(22(19)29)18-9-3-15(4-10-18)24(31)32-13-21(28)26-17-7-5-16(25)6-8-17/h3-10,14,19-20H,2,11-13H2,1H3,(H,26,28)/t14-,19-,20+/m1/s1. The summed E-state index contributed by atoms with van der Waals surface area (Å²) in [4.78, 5) is 51.2. The van der Waals surface area contributed by atoms with Gasteiger partial charge >= 0.3 is 5.97 Å². The average molecular weight is 499 g/mol. The summed E-state index contributed by atoms with van der Waals surface area (Å²) in [7, 11) is 0. The van der Waals surface area contributed by atoms with Crippen molar-refractivity contribution in [1.29, 1.82) is 0 Å². The number of nitrogens with zero attached hydrogens (tertiary/aromatic N) is 1. The fourth-order valence-electron chi connectivity index (χ4n) is 4.34. The maximum atomic E-state index is 12.8. The number of hydrogen-bond donors (Lipinski definition) is 1. The van der Waals surface area contributed by atoms with Crippen molar-refractivity contribution in [1.82, 2.24) is 0 Å². The number of hydrogen-bond acceptors (Lipinski definition) is 5. The Balaban J connectivity index is 1.35. The summed E-state index contributed by atoms with van der Waals surface area (Å²) in [6.45, 7) is 1.68. The minimum atomic E-state index is -0.663. The summed E-state index contributed by atoms with van der Waals surface area (Å²) in [6, 6.07) is 13.1. The normalized spacial score (nSPS) is 22.4. The van der Waals surface area contributed by atoms with E-state index in [0.29, 0.717) is 17.3 Å². The van der Waals surface area contributed by atoms with Crippen LogP contribution in [0.15, 0.2) is 53.0 Å². The topological polar surface area (TPSA) is 92.8 Å². The molecule has 7 nitrogen and oxygen atoms in total. The summed E-state index contributed by atoms with van der Waals surface area (Å²) in [6.07, 6.45) is 2.42. The number of anilines is 2. The van der Waals surface area contributed by atoms with Gasteiger partial charge in [0.05, 0.1) is 23.1 Å². The van der Waals surface area contributed by atoms with Gasteiger partial charge < -0.3 is 10.1 Å². The van der Waals surface area contributed by atoms with Gasteiger partial charge in [-0.25, -0.2) is 4.79 Å². The largest absolute Gasteiger partial charge is 0.452 e. The van der Waals surface area contributed by atoms with Gasteiger partial charge in [0.15, 0.2) is 6.61 Å². The summed E-state index contributed by atoms with van der Waals surface area (Å²) in [5.41, 5.74) is 1.27. The highest BCUT2D eigenvalue weighted by Crippen LogP contribution is 2.42. The molecule has 1 saturated carbocycles. The van der Waals surface area contributed by atoms with Gasteiger partial charge in [0, 0.05) is 10.2 Å². The Bertz CT molecular complexity index is 1050. The van der Waals surface area contributed by atoms with E-state index in [1.54, 1.807) is 36.4 Å². The Labute approximate surface area is 194 Å². The molecule has 0 bridgehead atoms. The Kier molecular flexibility index (Phi) is 6.41. The zero-order valence-electron chi connectivity index (χ0n) is 17.5. The van der Waals surface area contributed by atoms with Crippen LogP contribution < -0.4 is 10.2 Å². The van der Waals surface area contributed by atoms with Crippen LogP contribution in [0.3, 0.4) is 0 Å². The fraction of sp³-hybridized carbons (Fsp3) is 0.333. The fourth-order valence-corrected chi connectivity index (χ4v) is 4.60. The first-order valence-corrected chi connectivity index (χ1v) is 11.3. The number of nitrogens with one attached hydrogen (secondary N) is 1. The zero-order valence-corrected chi connectivity index (χ0v) is 19.1. The van der Waals surface area contributed by atoms with E-state index in [-0.39, 0.29) is 29.2 Å². The highest BCUT2D eigenvalue weighted by Gasteiger charge is 2.49. The summed E-state index contributed by atoms with van der Waals surface area (Å²) >= 11 is 3.32. The number of rotatable bonds is 5. The predicted octanol–water partition coefficient (Wildman–Crippen LogP) is 4.17. The molecule has 1 heterocycles. The van der Waals surface area contributed by atoms with Crippen LogP contribution in [-0.4, -0.2) is 30.3 Å². The molecule has 3 atom stereocenters. The summed E-state index contributed by atoms with van der Waals surface area (Å²) < 4.78 is 5.96. The van der Waals surface area contributed by atoms with Crippen LogP contribution in [-0.2, 0) is 19.1 Å². The van der Waals surface area contributed by atoms with E-state index in [4.69, 9.17) is 4.74 Å². The minimum absolute atomic E-state index is 0.160. The van der Waals surface area contributed by atoms with Gasteiger partial charge in [-0.05, 0) is 73.7 Å². The third-order valence-electron chi connectivity index (χ3n) is 6.01. The maximum Gasteiger partial charge on any atom is 0.338 e. The molecule has 2 fully saturated rings. The van der Waals surface area contributed by atoms with Crippen molar-refractivity contribution in [2.45, 2.75) is 26.2 Å². The second-order valence-corrected chi connectivity index (χ2v) is 9.24. The van der Waals surface area contributed by atoms with Crippen molar-refractivity contribution in [2.24, 2.45) is 17.8 Å². The van der Waals surface area contributed by atoms with Gasteiger partial charge in [0.25, 0.3) is 5.91 Å². The lowest BCUT2D eigenvalue weighted by molar-refractivity contribution is -0.122. The molecule has 4 rings (SSSR count). The van der Waals surface area contributed by atoms with Crippen molar-refractivity contribution in [3.63, 3.8) is 0 Å². The molecule has 8 heteroatoms. The lowest BCUT2D eigenvalue weighted by atomic mass is 9.76. The van der Waals surface area contributed by atoms with Crippen molar-refractivity contribution in [3.8, 4) is 0 Å². The molecule has 0 unspecified atom stereocenters. The number of fused-ring (bicyclic) bond motifs is 1. The highest BCUT2D eigenvalue weighted by atomic mass is 79.9. The summed E-state index contributed by atoms with van der Waals surface area (Å²) in [5.74, 6) is -1.50. The Morgan fingerprint density at radius 1 is 1.00 bits per heavy atom. The number of imide groups is 1. The zero-order chi connectivity index (χ0) is 22.8. The van der Waals surface area contributed by atoms with Gasteiger partial charge in [-0.2, -0.15) is 0 Å². The molecule has 3 amide bonds.